The number of rotatable bonds is 3. The predicted octanol–water partition coefficient (Wildman–Crippen LogP) is 1.60. The van der Waals surface area contributed by atoms with E-state index >= 15 is 0 Å². The standard InChI is InChI=1S/C12H12N2O3/c1-8(15)12-10-5-3-4-6-14(10)11(13-12)7-17-9(2)16/h3-6H,7H2,1-2H3. The molecule has 2 aromatic heterocycles. The van der Waals surface area contributed by atoms with E-state index < -0.39 is 0 Å². The van der Waals surface area contributed by atoms with Crippen LogP contribution in [0.4, 0.5) is 0 Å². The monoisotopic (exact) mass is 232 g/mol. The lowest BCUT2D eigenvalue weighted by molar-refractivity contribution is -0.142. The molecule has 0 spiro atoms. The molecule has 17 heavy (non-hydrogen) atoms. The molecule has 0 bridgehead atoms. The van der Waals surface area contributed by atoms with E-state index in [0.29, 0.717) is 11.5 Å². The fourth-order valence-electron chi connectivity index (χ4n) is 1.63. The molecule has 5 heteroatoms. The minimum atomic E-state index is -0.373. The summed E-state index contributed by atoms with van der Waals surface area (Å²) >= 11 is 0. The number of nitrogens with zero attached hydrogens (tertiary/aromatic N) is 2. The first kappa shape index (κ1) is 11.3. The van der Waals surface area contributed by atoms with Gasteiger partial charge >= 0.3 is 5.97 Å². The van der Waals surface area contributed by atoms with Crippen LogP contribution >= 0.6 is 0 Å². The molecule has 0 unspecified atom stereocenters. The van der Waals surface area contributed by atoms with Gasteiger partial charge in [-0.3, -0.25) is 9.59 Å². The Morgan fingerprint density at radius 1 is 1.35 bits per heavy atom. The van der Waals surface area contributed by atoms with E-state index in [-0.39, 0.29) is 18.4 Å². The Labute approximate surface area is 98.0 Å². The summed E-state index contributed by atoms with van der Waals surface area (Å²) in [5.74, 6) is 0.0610. The summed E-state index contributed by atoms with van der Waals surface area (Å²) in [7, 11) is 0. The van der Waals surface area contributed by atoms with Crippen molar-refractivity contribution in [2.75, 3.05) is 0 Å². The second kappa shape index (κ2) is 4.37. The molecule has 2 heterocycles. The molecule has 0 atom stereocenters. The molecule has 0 aliphatic carbocycles. The van der Waals surface area contributed by atoms with Crippen LogP contribution in [0.25, 0.3) is 5.52 Å². The van der Waals surface area contributed by atoms with Gasteiger partial charge in [0, 0.05) is 20.0 Å². The van der Waals surface area contributed by atoms with Crippen LogP contribution in [0.5, 0.6) is 0 Å². The fraction of sp³-hybridized carbons (Fsp3) is 0.250. The molecule has 0 aliphatic rings. The Morgan fingerprint density at radius 2 is 2.12 bits per heavy atom. The molecule has 0 aromatic carbocycles. The topological polar surface area (TPSA) is 60.7 Å². The van der Waals surface area contributed by atoms with Crippen LogP contribution in [0, 0.1) is 0 Å². The van der Waals surface area contributed by atoms with Crippen LogP contribution in [0.15, 0.2) is 24.4 Å². The second-order valence-corrected chi connectivity index (χ2v) is 3.67. The average molecular weight is 232 g/mol. The molecule has 2 aromatic rings. The predicted molar refractivity (Wildman–Crippen MR) is 60.7 cm³/mol. The van der Waals surface area contributed by atoms with Gasteiger partial charge in [0.1, 0.15) is 12.3 Å². The first-order valence-electron chi connectivity index (χ1n) is 5.20. The molecule has 0 fully saturated rings. The van der Waals surface area contributed by atoms with E-state index in [9.17, 15) is 9.59 Å². The molecule has 5 nitrogen and oxygen atoms in total. The van der Waals surface area contributed by atoms with E-state index in [4.69, 9.17) is 4.74 Å². The molecule has 0 saturated heterocycles. The average Bonchev–Trinajstić information content (AvgIpc) is 2.65. The number of carbonyl (C=O) groups is 2. The number of imidazole rings is 1. The normalized spacial score (nSPS) is 10.5. The minimum Gasteiger partial charge on any atom is -0.458 e. The Balaban J connectivity index is 2.49. The van der Waals surface area contributed by atoms with Gasteiger partial charge in [0.15, 0.2) is 11.6 Å². The van der Waals surface area contributed by atoms with Crippen molar-refractivity contribution in [1.82, 2.24) is 9.38 Å². The Kier molecular flexibility index (Phi) is 2.91. The van der Waals surface area contributed by atoms with Gasteiger partial charge in [0.25, 0.3) is 0 Å². The van der Waals surface area contributed by atoms with Crippen molar-refractivity contribution in [2.45, 2.75) is 20.5 Å². The number of pyridine rings is 1. The van der Waals surface area contributed by atoms with Gasteiger partial charge in [-0.2, -0.15) is 0 Å². The summed E-state index contributed by atoms with van der Waals surface area (Å²) in [6.07, 6.45) is 1.79. The zero-order valence-electron chi connectivity index (χ0n) is 9.64. The molecule has 0 radical (unpaired) electrons. The zero-order valence-corrected chi connectivity index (χ0v) is 9.64. The minimum absolute atomic E-state index is 0.0633. The van der Waals surface area contributed by atoms with Crippen LogP contribution in [-0.2, 0) is 16.1 Å². The van der Waals surface area contributed by atoms with Crippen molar-refractivity contribution < 1.29 is 14.3 Å². The number of fused-ring (bicyclic) bond motifs is 1. The maximum Gasteiger partial charge on any atom is 0.303 e. The highest BCUT2D eigenvalue weighted by molar-refractivity contribution is 5.99. The first-order valence-corrected chi connectivity index (χ1v) is 5.20. The van der Waals surface area contributed by atoms with Crippen molar-refractivity contribution in [3.05, 3.63) is 35.9 Å². The van der Waals surface area contributed by atoms with E-state index in [0.717, 1.165) is 5.52 Å². The number of esters is 1. The number of ether oxygens (including phenoxy) is 1. The zero-order chi connectivity index (χ0) is 12.4. The lowest BCUT2D eigenvalue weighted by atomic mass is 10.2. The summed E-state index contributed by atoms with van der Waals surface area (Å²) in [5, 5.41) is 0. The van der Waals surface area contributed by atoms with Gasteiger partial charge in [-0.15, -0.1) is 0 Å². The van der Waals surface area contributed by atoms with Crippen molar-refractivity contribution in [2.24, 2.45) is 0 Å². The molecular weight excluding hydrogens is 220 g/mol. The largest absolute Gasteiger partial charge is 0.458 e. The smallest absolute Gasteiger partial charge is 0.303 e. The van der Waals surface area contributed by atoms with Crippen molar-refractivity contribution in [3.63, 3.8) is 0 Å². The van der Waals surface area contributed by atoms with Gasteiger partial charge < -0.3 is 9.14 Å². The fourth-order valence-corrected chi connectivity index (χ4v) is 1.63. The molecule has 0 amide bonds. The molecule has 0 N–H and O–H groups in total. The highest BCUT2D eigenvalue weighted by atomic mass is 16.5. The third-order valence-corrected chi connectivity index (χ3v) is 2.36. The first-order chi connectivity index (χ1) is 8.09. The lowest BCUT2D eigenvalue weighted by Gasteiger charge is -2.00. The van der Waals surface area contributed by atoms with Gasteiger partial charge in [-0.05, 0) is 12.1 Å². The number of hydrogen-bond donors (Lipinski definition) is 0. The van der Waals surface area contributed by atoms with Crippen LogP contribution in [0.1, 0.15) is 30.2 Å². The van der Waals surface area contributed by atoms with Gasteiger partial charge in [0.05, 0.1) is 5.52 Å². The SMILES string of the molecule is CC(=O)OCc1nc(C(C)=O)c2ccccn12. The number of hydrogen-bond acceptors (Lipinski definition) is 4. The van der Waals surface area contributed by atoms with Gasteiger partial charge in [-0.1, -0.05) is 6.07 Å². The van der Waals surface area contributed by atoms with Gasteiger partial charge in [0.2, 0.25) is 0 Å². The molecule has 2 rings (SSSR count). The molecular formula is C12H12N2O3. The van der Waals surface area contributed by atoms with Crippen LogP contribution in [0.2, 0.25) is 0 Å². The highest BCUT2D eigenvalue weighted by Crippen LogP contribution is 2.14. The summed E-state index contributed by atoms with van der Waals surface area (Å²) in [6.45, 7) is 2.86. The molecule has 0 aliphatic heterocycles. The number of ketones is 1. The van der Waals surface area contributed by atoms with Crippen LogP contribution in [-0.4, -0.2) is 21.1 Å². The third kappa shape index (κ3) is 2.18. The van der Waals surface area contributed by atoms with E-state index in [1.54, 1.807) is 16.7 Å². The van der Waals surface area contributed by atoms with Crippen molar-refractivity contribution in [3.8, 4) is 0 Å². The Bertz CT molecular complexity index is 586. The Hall–Kier alpha value is -2.17. The lowest BCUT2D eigenvalue weighted by Crippen LogP contribution is -2.02. The Morgan fingerprint density at radius 3 is 2.76 bits per heavy atom. The number of carbonyl (C=O) groups excluding carboxylic acids is 2. The van der Waals surface area contributed by atoms with E-state index in [2.05, 4.69) is 4.98 Å². The highest BCUT2D eigenvalue weighted by Gasteiger charge is 2.14. The van der Waals surface area contributed by atoms with E-state index in [1.807, 2.05) is 12.1 Å². The summed E-state index contributed by atoms with van der Waals surface area (Å²) in [6, 6.07) is 5.47. The van der Waals surface area contributed by atoms with Crippen molar-refractivity contribution >= 4 is 17.3 Å². The number of aromatic nitrogens is 2. The van der Waals surface area contributed by atoms with Crippen LogP contribution in [0.3, 0.4) is 0 Å². The van der Waals surface area contributed by atoms with Crippen LogP contribution < -0.4 is 0 Å². The quantitative estimate of drug-likeness (QED) is 0.595. The molecule has 0 saturated carbocycles. The second-order valence-electron chi connectivity index (χ2n) is 3.67. The summed E-state index contributed by atoms with van der Waals surface area (Å²) in [5.41, 5.74) is 1.12. The van der Waals surface area contributed by atoms with Gasteiger partial charge in [-0.25, -0.2) is 4.98 Å². The third-order valence-electron chi connectivity index (χ3n) is 2.36. The van der Waals surface area contributed by atoms with Crippen molar-refractivity contribution in [1.29, 1.82) is 0 Å². The maximum absolute atomic E-state index is 11.4. The number of Topliss-reactive ketones (excluding diaryl/α,β-unsaturated/α-hetero) is 1. The summed E-state index contributed by atoms with van der Waals surface area (Å²) in [4.78, 5) is 26.4. The van der Waals surface area contributed by atoms with E-state index in [1.165, 1.54) is 13.8 Å². The molecule has 88 valence electrons. The maximum atomic E-state index is 11.4. The summed E-state index contributed by atoms with van der Waals surface area (Å²) < 4.78 is 6.65.